The van der Waals surface area contributed by atoms with E-state index in [0.29, 0.717) is 18.7 Å². The van der Waals surface area contributed by atoms with E-state index in [2.05, 4.69) is 31.6 Å². The van der Waals surface area contributed by atoms with Gasteiger partial charge in [-0.25, -0.2) is 4.79 Å². The summed E-state index contributed by atoms with van der Waals surface area (Å²) in [6.07, 6.45) is 11.4. The number of esters is 1. The first kappa shape index (κ1) is 42.3. The van der Waals surface area contributed by atoms with Crippen molar-refractivity contribution < 1.29 is 44.0 Å². The first-order chi connectivity index (χ1) is 26.5. The van der Waals surface area contributed by atoms with Crippen LogP contribution < -0.4 is 26.6 Å². The maximum absolute atomic E-state index is 14.2. The second-order valence-corrected chi connectivity index (χ2v) is 16.3. The highest BCUT2D eigenvalue weighted by molar-refractivity contribution is 8.00. The van der Waals surface area contributed by atoms with Gasteiger partial charge in [0.05, 0.1) is 5.25 Å². The lowest BCUT2D eigenvalue weighted by Crippen LogP contribution is -2.53. The number of aromatic nitrogens is 1. The van der Waals surface area contributed by atoms with Gasteiger partial charge in [-0.2, -0.15) is 0 Å². The number of likely N-dealkylation sites (N-methyl/N-ethyl adjacent to an activating group) is 1. The molecule has 0 bridgehead atoms. The summed E-state index contributed by atoms with van der Waals surface area (Å²) in [5.41, 5.74) is 4.19. The second kappa shape index (κ2) is 19.9. The van der Waals surface area contributed by atoms with Crippen molar-refractivity contribution >= 4 is 41.5 Å². The van der Waals surface area contributed by atoms with Crippen LogP contribution in [0.25, 0.3) is 0 Å². The molecule has 5 rings (SSSR count). The molecule has 1 saturated carbocycles. The molecule has 6 atom stereocenters. The summed E-state index contributed by atoms with van der Waals surface area (Å²) in [5.74, 6) is -4.35. The lowest BCUT2D eigenvalue weighted by atomic mass is 9.67. The summed E-state index contributed by atoms with van der Waals surface area (Å²) in [6.45, 7) is 0.735. The number of hydrogen-bond donors (Lipinski definition) is 8. The molecule has 1 aromatic rings. The molecule has 2 amide bonds. The molecule has 0 radical (unpaired) electrons. The van der Waals surface area contributed by atoms with Gasteiger partial charge in [0.15, 0.2) is 0 Å². The molecule has 302 valence electrons. The smallest absolute Gasteiger partial charge is 0.353 e. The van der Waals surface area contributed by atoms with Crippen LogP contribution in [0, 0.1) is 17.3 Å². The lowest BCUT2D eigenvalue weighted by Gasteiger charge is -2.40. The van der Waals surface area contributed by atoms with E-state index >= 15 is 0 Å². The van der Waals surface area contributed by atoms with Gasteiger partial charge < -0.3 is 41.3 Å². The minimum absolute atomic E-state index is 0.00708. The van der Waals surface area contributed by atoms with Crippen LogP contribution in [-0.4, -0.2) is 107 Å². The molecule has 1 spiro atoms. The van der Waals surface area contributed by atoms with Gasteiger partial charge in [-0.3, -0.25) is 29.5 Å². The van der Waals surface area contributed by atoms with E-state index in [1.54, 1.807) is 19.4 Å². The van der Waals surface area contributed by atoms with Gasteiger partial charge in [-0.05, 0) is 99.2 Å². The number of amides is 2. The first-order valence-electron chi connectivity index (χ1n) is 19.4. The fraction of sp³-hybridized carbons (Fsp3) is 0.641. The fourth-order valence-corrected chi connectivity index (χ4v) is 10.5. The molecule has 4 aliphatic rings. The molecular formula is C39H56N6O9S. The van der Waals surface area contributed by atoms with Crippen LogP contribution >= 0.6 is 11.8 Å². The van der Waals surface area contributed by atoms with Crippen molar-refractivity contribution in [1.82, 2.24) is 31.6 Å². The van der Waals surface area contributed by atoms with Crippen LogP contribution in [0.2, 0.25) is 0 Å². The Morgan fingerprint density at radius 3 is 2.33 bits per heavy atom. The van der Waals surface area contributed by atoms with Crippen molar-refractivity contribution in [3.05, 3.63) is 52.6 Å². The Morgan fingerprint density at radius 2 is 1.67 bits per heavy atom. The maximum atomic E-state index is 14.2. The Kier molecular flexibility index (Phi) is 15.3. The average molecular weight is 785 g/mol. The number of carboxylic acid groups (broad SMARTS) is 2. The molecule has 2 heterocycles. The summed E-state index contributed by atoms with van der Waals surface area (Å²) >= 11 is 1.43. The van der Waals surface area contributed by atoms with Crippen LogP contribution in [0.3, 0.4) is 0 Å². The van der Waals surface area contributed by atoms with Crippen molar-refractivity contribution in [1.29, 1.82) is 0 Å². The van der Waals surface area contributed by atoms with Crippen molar-refractivity contribution in [2.45, 2.75) is 107 Å². The molecule has 1 aromatic heterocycles. The molecule has 0 aromatic carbocycles. The number of aliphatic hydroxyl groups is 1. The third-order valence-corrected chi connectivity index (χ3v) is 13.1. The van der Waals surface area contributed by atoms with E-state index in [4.69, 9.17) is 4.74 Å². The second-order valence-electron chi connectivity index (χ2n) is 15.2. The SMILES string of the molecule is CNCN[C@@H](CCC(=O)N[C@@H](CS[C@H]1C2=C3[C@@H](CCCCCC14CCCC4)CC(Cc1ccncc1)=C(CNC)[C@H]3C(=O)O2)C(=O)N[C@@H](O)C(=O)O)C(=O)O. The molecule has 1 fully saturated rings. The highest BCUT2D eigenvalue weighted by Crippen LogP contribution is 2.57. The molecule has 55 heavy (non-hydrogen) atoms. The number of aliphatic carboxylic acids is 2. The summed E-state index contributed by atoms with van der Waals surface area (Å²) < 4.78 is 6.45. The normalized spacial score (nSPS) is 23.8. The Balaban J connectivity index is 1.49. The van der Waals surface area contributed by atoms with Crippen molar-refractivity contribution in [2.24, 2.45) is 17.3 Å². The number of aliphatic hydroxyl groups excluding tert-OH is 1. The predicted molar refractivity (Wildman–Crippen MR) is 205 cm³/mol. The van der Waals surface area contributed by atoms with Gasteiger partial charge in [-0.1, -0.05) is 37.7 Å². The number of nitrogens with one attached hydrogen (secondary N) is 5. The Hall–Kier alpha value is -3.83. The predicted octanol–water partition coefficient (Wildman–Crippen LogP) is 2.22. The monoisotopic (exact) mass is 784 g/mol. The number of ether oxygens (including phenoxy) is 1. The molecule has 15 nitrogen and oxygen atoms in total. The average Bonchev–Trinajstić information content (AvgIpc) is 3.77. The zero-order valence-corrected chi connectivity index (χ0v) is 32.6. The number of carboxylic acids is 2. The summed E-state index contributed by atoms with van der Waals surface area (Å²) in [4.78, 5) is 68.4. The van der Waals surface area contributed by atoms with E-state index in [0.717, 1.165) is 80.9 Å². The molecular weight excluding hydrogens is 729 g/mol. The lowest BCUT2D eigenvalue weighted by molar-refractivity contribution is -0.151. The quantitative estimate of drug-likeness (QED) is 0.0607. The van der Waals surface area contributed by atoms with Crippen LogP contribution in [0.1, 0.15) is 82.6 Å². The number of thioether (sulfide) groups is 1. The van der Waals surface area contributed by atoms with Crippen LogP contribution in [-0.2, 0) is 35.1 Å². The molecule has 0 saturated heterocycles. The summed E-state index contributed by atoms with van der Waals surface area (Å²) in [6, 6.07) is 1.71. The van der Waals surface area contributed by atoms with Crippen molar-refractivity contribution in [3.63, 3.8) is 0 Å². The molecule has 3 aliphatic carbocycles. The van der Waals surface area contributed by atoms with Crippen LogP contribution in [0.5, 0.6) is 0 Å². The number of carbonyl (C=O) groups is 5. The van der Waals surface area contributed by atoms with Crippen molar-refractivity contribution in [3.8, 4) is 0 Å². The molecule has 16 heteroatoms. The summed E-state index contributed by atoms with van der Waals surface area (Å²) in [7, 11) is 3.52. The zero-order chi connectivity index (χ0) is 39.5. The zero-order valence-electron chi connectivity index (χ0n) is 31.7. The molecule has 8 N–H and O–H groups in total. The van der Waals surface area contributed by atoms with Gasteiger partial charge >= 0.3 is 17.9 Å². The van der Waals surface area contributed by atoms with E-state index in [1.165, 1.54) is 17.3 Å². The third kappa shape index (κ3) is 10.5. The Labute approximate surface area is 326 Å². The number of nitrogens with zero attached hydrogens (tertiary/aromatic N) is 1. The number of pyridine rings is 1. The fourth-order valence-electron chi connectivity index (χ4n) is 8.87. The maximum Gasteiger partial charge on any atom is 0.353 e. The highest BCUT2D eigenvalue weighted by Gasteiger charge is 2.53. The van der Waals surface area contributed by atoms with Crippen LogP contribution in [0.15, 0.2) is 47.0 Å². The largest absolute Gasteiger partial charge is 0.480 e. The van der Waals surface area contributed by atoms with Gasteiger partial charge in [0, 0.05) is 37.8 Å². The van der Waals surface area contributed by atoms with E-state index < -0.39 is 48.0 Å². The van der Waals surface area contributed by atoms with Gasteiger partial charge in [0.25, 0.3) is 0 Å². The number of allylic oxidation sites excluding steroid dienone is 1. The molecule has 1 aliphatic heterocycles. The minimum Gasteiger partial charge on any atom is -0.480 e. The van der Waals surface area contributed by atoms with E-state index in [9.17, 15) is 39.3 Å². The van der Waals surface area contributed by atoms with Crippen molar-refractivity contribution in [2.75, 3.05) is 33.1 Å². The number of hydrogen-bond acceptors (Lipinski definition) is 12. The first-order valence-corrected chi connectivity index (χ1v) is 20.5. The topological polar surface area (TPSA) is 228 Å². The standard InChI is InChI=1S/C39H56N6O9S/c1-40-20-26-25(18-23-11-16-42-17-12-23)19-24-8-4-3-5-13-39(14-6-7-15-39)33(32-30(24)31(26)38(53)54-32)55-21-28(34(47)45-35(48)37(51)52)44-29(46)10-9-27(36(49)50)43-22-41-2/h11-12,16-17,24,27-28,31,33,35,40-41,43,48H,3-10,13-15,18-22H2,1-2H3,(H,44,46)(H,45,47)(H,49,50)(H,51,52)/t24-,27-,28-,31+,33-,35-/m0/s1. The minimum atomic E-state index is -2.20. The Morgan fingerprint density at radius 1 is 0.964 bits per heavy atom. The Bertz CT molecular complexity index is 1620. The van der Waals surface area contributed by atoms with Gasteiger partial charge in [-0.15, -0.1) is 11.8 Å². The highest BCUT2D eigenvalue weighted by atomic mass is 32.2. The van der Waals surface area contributed by atoms with Gasteiger partial charge in [0.1, 0.15) is 23.8 Å². The third-order valence-electron chi connectivity index (χ3n) is 11.5. The molecule has 0 unspecified atom stereocenters. The van der Waals surface area contributed by atoms with Gasteiger partial charge in [0.2, 0.25) is 18.0 Å². The van der Waals surface area contributed by atoms with E-state index in [1.807, 2.05) is 19.2 Å². The number of rotatable bonds is 18. The van der Waals surface area contributed by atoms with Crippen LogP contribution in [0.4, 0.5) is 0 Å². The summed E-state index contributed by atoms with van der Waals surface area (Å²) in [5, 5.41) is 42.3. The number of carbonyl (C=O) groups excluding carboxylic acids is 3. The van der Waals surface area contributed by atoms with E-state index in [-0.39, 0.29) is 47.8 Å².